The van der Waals surface area contributed by atoms with Gasteiger partial charge < -0.3 is 16.0 Å². The van der Waals surface area contributed by atoms with Gasteiger partial charge >= 0.3 is 0 Å². The van der Waals surface area contributed by atoms with Crippen LogP contribution in [0.4, 0.5) is 17.2 Å². The number of amides is 1. The van der Waals surface area contributed by atoms with Crippen LogP contribution in [0.5, 0.6) is 0 Å². The molecule has 9 nitrogen and oxygen atoms in total. The smallest absolute Gasteiger partial charge is 0.293 e. The van der Waals surface area contributed by atoms with Crippen LogP contribution in [0.15, 0.2) is 34.2 Å². The highest BCUT2D eigenvalue weighted by Crippen LogP contribution is 2.27. The number of para-hydroxylation sites is 1. The maximum Gasteiger partial charge on any atom is 0.293 e. The standard InChI is InChI=1S/C13H13N5O4S/c1-7-3-2-4-8(18(21)22)12(7)16-11(20)6-23-13-15-9(14)5-10(19)17-13/h2-5H,6H2,1H3,(H,16,20)(H3,14,15,17,19). The average Bonchev–Trinajstić information content (AvgIpc) is 2.46. The van der Waals surface area contributed by atoms with Crippen LogP contribution in [-0.4, -0.2) is 26.6 Å². The number of benzene rings is 1. The number of rotatable bonds is 5. The summed E-state index contributed by atoms with van der Waals surface area (Å²) in [6.07, 6.45) is 0. The Morgan fingerprint density at radius 1 is 1.52 bits per heavy atom. The fourth-order valence-corrected chi connectivity index (χ4v) is 2.48. The normalized spacial score (nSPS) is 10.3. The maximum atomic E-state index is 12.0. The third-order valence-electron chi connectivity index (χ3n) is 2.79. The van der Waals surface area contributed by atoms with Crippen molar-refractivity contribution in [2.45, 2.75) is 12.1 Å². The fourth-order valence-electron chi connectivity index (χ4n) is 1.80. The topological polar surface area (TPSA) is 144 Å². The van der Waals surface area contributed by atoms with E-state index in [4.69, 9.17) is 5.73 Å². The maximum absolute atomic E-state index is 12.0. The van der Waals surface area contributed by atoms with Crippen molar-refractivity contribution in [2.75, 3.05) is 16.8 Å². The number of nitrogens with zero attached hydrogens (tertiary/aromatic N) is 2. The monoisotopic (exact) mass is 335 g/mol. The van der Waals surface area contributed by atoms with E-state index in [0.717, 1.165) is 17.8 Å². The highest BCUT2D eigenvalue weighted by molar-refractivity contribution is 7.99. The van der Waals surface area contributed by atoms with E-state index in [1.165, 1.54) is 6.07 Å². The number of aromatic nitrogens is 2. The van der Waals surface area contributed by atoms with Gasteiger partial charge in [0.15, 0.2) is 5.16 Å². The zero-order valence-corrected chi connectivity index (χ0v) is 12.8. The minimum atomic E-state index is -0.563. The Labute approximate surface area is 134 Å². The van der Waals surface area contributed by atoms with Crippen LogP contribution in [0, 0.1) is 17.0 Å². The first kappa shape index (κ1) is 16.5. The summed E-state index contributed by atoms with van der Waals surface area (Å²) in [5.41, 5.74) is 5.57. The van der Waals surface area contributed by atoms with Gasteiger partial charge in [0.25, 0.3) is 11.2 Å². The molecular formula is C13H13N5O4S. The van der Waals surface area contributed by atoms with Gasteiger partial charge in [-0.05, 0) is 12.5 Å². The molecule has 0 fully saturated rings. The largest absolute Gasteiger partial charge is 0.383 e. The molecule has 0 atom stereocenters. The minimum Gasteiger partial charge on any atom is -0.383 e. The Hall–Kier alpha value is -2.88. The second-order valence-corrected chi connectivity index (χ2v) is 5.50. The number of nitro groups is 1. The van der Waals surface area contributed by atoms with Gasteiger partial charge in [0.2, 0.25) is 5.91 Å². The number of hydrogen-bond acceptors (Lipinski definition) is 7. The van der Waals surface area contributed by atoms with Gasteiger partial charge in [-0.3, -0.25) is 19.7 Å². The summed E-state index contributed by atoms with van der Waals surface area (Å²) < 4.78 is 0. The molecule has 0 saturated carbocycles. The number of carbonyl (C=O) groups is 1. The molecule has 0 spiro atoms. The van der Waals surface area contributed by atoms with E-state index in [1.54, 1.807) is 19.1 Å². The summed E-state index contributed by atoms with van der Waals surface area (Å²) in [7, 11) is 0. The molecule has 0 aliphatic rings. The Kier molecular flexibility index (Phi) is 4.96. The van der Waals surface area contributed by atoms with Gasteiger partial charge in [-0.2, -0.15) is 0 Å². The highest BCUT2D eigenvalue weighted by Gasteiger charge is 2.17. The minimum absolute atomic E-state index is 0.0474. The molecular weight excluding hydrogens is 322 g/mol. The van der Waals surface area contributed by atoms with Gasteiger partial charge in [-0.25, -0.2) is 4.98 Å². The van der Waals surface area contributed by atoms with Crippen molar-refractivity contribution in [3.63, 3.8) is 0 Å². The van der Waals surface area contributed by atoms with Gasteiger partial charge in [0.1, 0.15) is 11.5 Å². The molecule has 2 aromatic rings. The van der Waals surface area contributed by atoms with Crippen molar-refractivity contribution >= 4 is 34.9 Å². The van der Waals surface area contributed by atoms with Crippen LogP contribution in [0.3, 0.4) is 0 Å². The summed E-state index contributed by atoms with van der Waals surface area (Å²) in [5, 5.41) is 13.7. The fraction of sp³-hybridized carbons (Fsp3) is 0.154. The van der Waals surface area contributed by atoms with Crippen LogP contribution in [0.25, 0.3) is 0 Å². The highest BCUT2D eigenvalue weighted by atomic mass is 32.2. The first-order chi connectivity index (χ1) is 10.9. The zero-order valence-electron chi connectivity index (χ0n) is 12.0. The Balaban J connectivity index is 2.08. The molecule has 0 saturated heterocycles. The van der Waals surface area contributed by atoms with Crippen LogP contribution in [0.2, 0.25) is 0 Å². The lowest BCUT2D eigenvalue weighted by molar-refractivity contribution is -0.384. The van der Waals surface area contributed by atoms with E-state index >= 15 is 0 Å². The van der Waals surface area contributed by atoms with Crippen molar-refractivity contribution in [1.29, 1.82) is 0 Å². The van der Waals surface area contributed by atoms with Crippen LogP contribution in [-0.2, 0) is 4.79 Å². The molecule has 10 heteroatoms. The summed E-state index contributed by atoms with van der Waals surface area (Å²) >= 11 is 0.968. The Bertz CT molecular complexity index is 820. The molecule has 1 amide bonds. The molecule has 120 valence electrons. The number of anilines is 2. The van der Waals surface area contributed by atoms with Crippen molar-refractivity contribution in [3.8, 4) is 0 Å². The lowest BCUT2D eigenvalue weighted by atomic mass is 10.1. The van der Waals surface area contributed by atoms with Crippen LogP contribution >= 0.6 is 11.8 Å². The molecule has 0 aliphatic heterocycles. The first-order valence-electron chi connectivity index (χ1n) is 6.40. The zero-order chi connectivity index (χ0) is 17.0. The van der Waals surface area contributed by atoms with E-state index in [2.05, 4.69) is 15.3 Å². The number of hydrogen-bond donors (Lipinski definition) is 3. The third-order valence-corrected chi connectivity index (χ3v) is 3.66. The van der Waals surface area contributed by atoms with E-state index in [9.17, 15) is 19.7 Å². The van der Waals surface area contributed by atoms with E-state index in [1.807, 2.05) is 0 Å². The second kappa shape index (κ2) is 6.92. The molecule has 0 unspecified atom stereocenters. The number of nitrogen functional groups attached to an aromatic ring is 1. The number of aromatic amines is 1. The predicted octanol–water partition coefficient (Wildman–Crippen LogP) is 1.30. The van der Waals surface area contributed by atoms with Gasteiger partial charge in [-0.1, -0.05) is 23.9 Å². The lowest BCUT2D eigenvalue weighted by Crippen LogP contribution is -2.17. The quantitative estimate of drug-likeness (QED) is 0.323. The number of H-pyrrole nitrogens is 1. The molecule has 1 heterocycles. The summed E-state index contributed by atoms with van der Waals surface area (Å²) in [6.45, 7) is 1.66. The summed E-state index contributed by atoms with van der Waals surface area (Å²) in [5.74, 6) is -0.499. The SMILES string of the molecule is Cc1cccc([N+](=O)[O-])c1NC(=O)CSc1nc(N)cc(=O)[nH]1. The molecule has 4 N–H and O–H groups in total. The Morgan fingerprint density at radius 3 is 2.91 bits per heavy atom. The van der Waals surface area contributed by atoms with Crippen molar-refractivity contribution in [2.24, 2.45) is 0 Å². The van der Waals surface area contributed by atoms with E-state index in [0.29, 0.717) is 5.56 Å². The second-order valence-electron chi connectivity index (χ2n) is 4.54. The predicted molar refractivity (Wildman–Crippen MR) is 86.5 cm³/mol. The first-order valence-corrected chi connectivity index (χ1v) is 7.39. The average molecular weight is 335 g/mol. The molecule has 0 radical (unpaired) electrons. The van der Waals surface area contributed by atoms with Crippen LogP contribution in [0.1, 0.15) is 5.56 Å². The molecule has 0 aliphatic carbocycles. The summed E-state index contributed by atoms with van der Waals surface area (Å²) in [4.78, 5) is 40.0. The summed E-state index contributed by atoms with van der Waals surface area (Å²) in [6, 6.07) is 5.64. The van der Waals surface area contributed by atoms with E-state index < -0.39 is 16.4 Å². The molecule has 2 rings (SSSR count). The number of aryl methyl sites for hydroxylation is 1. The number of thioether (sulfide) groups is 1. The molecule has 0 bridgehead atoms. The van der Waals surface area contributed by atoms with Gasteiger partial charge in [0.05, 0.1) is 10.7 Å². The van der Waals surface area contributed by atoms with Crippen molar-refractivity contribution < 1.29 is 9.72 Å². The molecule has 1 aromatic heterocycles. The third kappa shape index (κ3) is 4.30. The number of carbonyl (C=O) groups excluding carboxylic acids is 1. The number of nitrogens with two attached hydrogens (primary N) is 1. The van der Waals surface area contributed by atoms with Crippen molar-refractivity contribution in [1.82, 2.24) is 9.97 Å². The van der Waals surface area contributed by atoms with E-state index in [-0.39, 0.29) is 28.1 Å². The van der Waals surface area contributed by atoms with Crippen LogP contribution < -0.4 is 16.6 Å². The van der Waals surface area contributed by atoms with Crippen molar-refractivity contribution in [3.05, 3.63) is 50.3 Å². The molecule has 23 heavy (non-hydrogen) atoms. The van der Waals surface area contributed by atoms with Gasteiger partial charge in [0, 0.05) is 12.1 Å². The number of nitro benzene ring substituents is 1. The number of nitrogens with one attached hydrogen (secondary N) is 2. The van der Waals surface area contributed by atoms with Gasteiger partial charge in [-0.15, -0.1) is 0 Å². The Morgan fingerprint density at radius 2 is 2.26 bits per heavy atom. The lowest BCUT2D eigenvalue weighted by Gasteiger charge is -2.08. The molecule has 1 aromatic carbocycles.